The number of hydrogen-bond acceptors (Lipinski definition) is 4. The molecule has 1 aliphatic rings. The second-order valence-corrected chi connectivity index (χ2v) is 2.76. The third-order valence-corrected chi connectivity index (χ3v) is 1.81. The van der Waals surface area contributed by atoms with Gasteiger partial charge < -0.3 is 10.0 Å². The summed E-state index contributed by atoms with van der Waals surface area (Å²) in [4.78, 5) is 21.3. The Bertz CT molecular complexity index is 401. The van der Waals surface area contributed by atoms with Gasteiger partial charge in [0.2, 0.25) is 0 Å². The molecule has 0 saturated carbocycles. The molecule has 0 unspecified atom stereocenters. The number of carbonyl (C=O) groups is 1. The number of hydrogen-bond donors (Lipinski definition) is 1. The summed E-state index contributed by atoms with van der Waals surface area (Å²) in [6.45, 7) is 0. The van der Waals surface area contributed by atoms with Crippen molar-refractivity contribution in [1.82, 2.24) is 14.9 Å². The average molecular weight is 204 g/mol. The Morgan fingerprint density at radius 3 is 2.47 bits per heavy atom. The molecule has 0 aliphatic carbocycles. The second kappa shape index (κ2) is 3.79. The van der Waals surface area contributed by atoms with Gasteiger partial charge in [-0.05, 0) is 0 Å². The standard InChI is InChI=1S/C9H8N4O2/c14-9(15)13-5-3-12(4-6-13)8-7-10-1-2-11-8/h1-7H,(H,14,15). The number of amides is 1. The molecule has 6 heteroatoms. The van der Waals surface area contributed by atoms with Crippen molar-refractivity contribution in [3.05, 3.63) is 43.4 Å². The van der Waals surface area contributed by atoms with E-state index in [0.717, 1.165) is 4.90 Å². The zero-order valence-electron chi connectivity index (χ0n) is 7.69. The molecule has 0 aromatic carbocycles. The summed E-state index contributed by atoms with van der Waals surface area (Å²) in [6, 6.07) is 0. The van der Waals surface area contributed by atoms with Crippen LogP contribution in [0.25, 0.3) is 0 Å². The molecule has 1 aromatic rings. The van der Waals surface area contributed by atoms with E-state index in [-0.39, 0.29) is 0 Å². The van der Waals surface area contributed by atoms with E-state index in [0.29, 0.717) is 5.82 Å². The summed E-state index contributed by atoms with van der Waals surface area (Å²) in [6.07, 6.45) is 9.75. The summed E-state index contributed by atoms with van der Waals surface area (Å²) in [5.74, 6) is 0.634. The van der Waals surface area contributed by atoms with Crippen LogP contribution in [-0.4, -0.2) is 26.1 Å². The van der Waals surface area contributed by atoms with Crippen molar-refractivity contribution in [2.24, 2.45) is 0 Å². The van der Waals surface area contributed by atoms with Crippen LogP contribution in [0.2, 0.25) is 0 Å². The van der Waals surface area contributed by atoms with Crippen molar-refractivity contribution in [1.29, 1.82) is 0 Å². The summed E-state index contributed by atoms with van der Waals surface area (Å²) in [5.41, 5.74) is 0. The van der Waals surface area contributed by atoms with Gasteiger partial charge in [-0.2, -0.15) is 0 Å². The Hall–Kier alpha value is -2.37. The fourth-order valence-electron chi connectivity index (χ4n) is 1.09. The van der Waals surface area contributed by atoms with Gasteiger partial charge in [0.15, 0.2) is 5.82 Å². The molecule has 2 heterocycles. The fraction of sp³-hybridized carbons (Fsp3) is 0. The normalized spacial score (nSPS) is 14.4. The minimum atomic E-state index is -1.03. The second-order valence-electron chi connectivity index (χ2n) is 2.76. The van der Waals surface area contributed by atoms with Gasteiger partial charge in [-0.25, -0.2) is 9.78 Å². The first kappa shape index (κ1) is 9.20. The zero-order valence-corrected chi connectivity index (χ0v) is 7.69. The molecule has 0 radical (unpaired) electrons. The SMILES string of the molecule is O=C(O)N1C=CN(c2cnccn2)C=C1. The summed E-state index contributed by atoms with van der Waals surface area (Å²) >= 11 is 0. The highest BCUT2D eigenvalue weighted by molar-refractivity contribution is 5.68. The monoisotopic (exact) mass is 204 g/mol. The maximum Gasteiger partial charge on any atom is 0.415 e. The number of anilines is 1. The third-order valence-electron chi connectivity index (χ3n) is 1.81. The van der Waals surface area contributed by atoms with E-state index in [1.807, 2.05) is 0 Å². The van der Waals surface area contributed by atoms with Gasteiger partial charge in [0.05, 0.1) is 6.20 Å². The van der Waals surface area contributed by atoms with Crippen LogP contribution in [0.3, 0.4) is 0 Å². The maximum absolute atomic E-state index is 10.6. The molecule has 0 spiro atoms. The number of nitrogens with zero attached hydrogens (tertiary/aromatic N) is 4. The predicted molar refractivity (Wildman–Crippen MR) is 52.7 cm³/mol. The van der Waals surface area contributed by atoms with Gasteiger partial charge in [0.25, 0.3) is 0 Å². The number of aromatic nitrogens is 2. The number of rotatable bonds is 1. The molecule has 76 valence electrons. The quantitative estimate of drug-likeness (QED) is 0.744. The molecule has 6 nitrogen and oxygen atoms in total. The summed E-state index contributed by atoms with van der Waals surface area (Å²) < 4.78 is 0. The third kappa shape index (κ3) is 1.93. The van der Waals surface area contributed by atoms with Gasteiger partial charge in [-0.15, -0.1) is 0 Å². The lowest BCUT2D eigenvalue weighted by atomic mass is 10.5. The van der Waals surface area contributed by atoms with Crippen LogP contribution in [0.1, 0.15) is 0 Å². The van der Waals surface area contributed by atoms with Crippen molar-refractivity contribution in [2.45, 2.75) is 0 Å². The molecule has 1 amide bonds. The minimum Gasteiger partial charge on any atom is -0.464 e. The zero-order chi connectivity index (χ0) is 10.7. The molecule has 1 aliphatic heterocycles. The predicted octanol–water partition coefficient (Wildman–Crippen LogP) is 1.22. The van der Waals surface area contributed by atoms with E-state index in [4.69, 9.17) is 5.11 Å². The maximum atomic E-state index is 10.6. The topological polar surface area (TPSA) is 69.6 Å². The van der Waals surface area contributed by atoms with Crippen molar-refractivity contribution in [3.8, 4) is 0 Å². The Labute approximate surface area is 85.8 Å². The summed E-state index contributed by atoms with van der Waals surface area (Å²) in [7, 11) is 0. The van der Waals surface area contributed by atoms with Gasteiger partial charge in [-0.3, -0.25) is 9.88 Å². The van der Waals surface area contributed by atoms with E-state index in [9.17, 15) is 4.79 Å². The van der Waals surface area contributed by atoms with Crippen LogP contribution in [0.5, 0.6) is 0 Å². The molecular weight excluding hydrogens is 196 g/mol. The van der Waals surface area contributed by atoms with Gasteiger partial charge >= 0.3 is 6.09 Å². The first-order valence-corrected chi connectivity index (χ1v) is 4.19. The molecule has 2 rings (SSSR count). The summed E-state index contributed by atoms with van der Waals surface area (Å²) in [5, 5.41) is 8.67. The van der Waals surface area contributed by atoms with Crippen LogP contribution in [-0.2, 0) is 0 Å². The van der Waals surface area contributed by atoms with Gasteiger partial charge in [0.1, 0.15) is 0 Å². The molecule has 1 N–H and O–H groups in total. The van der Waals surface area contributed by atoms with E-state index >= 15 is 0 Å². The largest absolute Gasteiger partial charge is 0.464 e. The first-order chi connectivity index (χ1) is 7.27. The van der Waals surface area contributed by atoms with E-state index in [2.05, 4.69) is 9.97 Å². The van der Waals surface area contributed by atoms with E-state index in [1.54, 1.807) is 35.9 Å². The fourth-order valence-corrected chi connectivity index (χ4v) is 1.09. The van der Waals surface area contributed by atoms with Crippen molar-refractivity contribution in [2.75, 3.05) is 4.90 Å². The van der Waals surface area contributed by atoms with E-state index in [1.165, 1.54) is 12.4 Å². The lowest BCUT2D eigenvalue weighted by molar-refractivity contribution is 0.175. The molecule has 1 aromatic heterocycles. The highest BCUT2D eigenvalue weighted by Crippen LogP contribution is 2.13. The lowest BCUT2D eigenvalue weighted by Gasteiger charge is -2.20. The Morgan fingerprint density at radius 1 is 1.20 bits per heavy atom. The molecule has 0 saturated heterocycles. The molecule has 0 fully saturated rings. The smallest absolute Gasteiger partial charge is 0.415 e. The highest BCUT2D eigenvalue weighted by Gasteiger charge is 2.10. The Morgan fingerprint density at radius 2 is 1.93 bits per heavy atom. The first-order valence-electron chi connectivity index (χ1n) is 4.19. The van der Waals surface area contributed by atoms with Crippen LogP contribution >= 0.6 is 0 Å². The molecular formula is C9H8N4O2. The molecule has 15 heavy (non-hydrogen) atoms. The van der Waals surface area contributed by atoms with Gasteiger partial charge in [-0.1, -0.05) is 0 Å². The van der Waals surface area contributed by atoms with E-state index < -0.39 is 6.09 Å². The average Bonchev–Trinajstić information content (AvgIpc) is 2.30. The van der Waals surface area contributed by atoms with Crippen molar-refractivity contribution < 1.29 is 9.90 Å². The van der Waals surface area contributed by atoms with Crippen LogP contribution in [0.4, 0.5) is 10.6 Å². The Kier molecular flexibility index (Phi) is 2.32. The van der Waals surface area contributed by atoms with Crippen molar-refractivity contribution >= 4 is 11.9 Å². The van der Waals surface area contributed by atoms with Crippen LogP contribution in [0.15, 0.2) is 43.4 Å². The van der Waals surface area contributed by atoms with Gasteiger partial charge in [0, 0.05) is 37.2 Å². The minimum absolute atomic E-state index is 0.634. The van der Waals surface area contributed by atoms with Crippen LogP contribution in [0, 0.1) is 0 Å². The lowest BCUT2D eigenvalue weighted by Crippen LogP contribution is -2.24. The van der Waals surface area contributed by atoms with Crippen LogP contribution < -0.4 is 4.90 Å². The van der Waals surface area contributed by atoms with Crippen molar-refractivity contribution in [3.63, 3.8) is 0 Å². The molecule has 0 atom stereocenters. The Balaban J connectivity index is 2.15. The highest BCUT2D eigenvalue weighted by atomic mass is 16.4. The molecule has 0 bridgehead atoms. The number of carboxylic acid groups (broad SMARTS) is 1.